The fourth-order valence-electron chi connectivity index (χ4n) is 2.52. The van der Waals surface area contributed by atoms with E-state index >= 15 is 0 Å². The summed E-state index contributed by atoms with van der Waals surface area (Å²) in [5.41, 5.74) is -0.467. The Balaban J connectivity index is 2.69. The fraction of sp³-hybridized carbons (Fsp3) is 0.857. The molecule has 4 nitrogen and oxygen atoms in total. The van der Waals surface area contributed by atoms with Crippen molar-refractivity contribution in [2.24, 2.45) is 0 Å². The molecule has 0 aromatic heterocycles. The molecule has 0 radical (unpaired) electrons. The van der Waals surface area contributed by atoms with Gasteiger partial charge in [0.05, 0.1) is 11.4 Å². The van der Waals surface area contributed by atoms with Crippen molar-refractivity contribution in [1.82, 2.24) is 4.90 Å². The molecule has 0 unspecified atom stereocenters. The quantitative estimate of drug-likeness (QED) is 0.723. The third-order valence-corrected chi connectivity index (χ3v) is 4.01. The monoisotopic (exact) mass is 333 g/mol. The van der Waals surface area contributed by atoms with Crippen molar-refractivity contribution in [3.8, 4) is 0 Å². The highest BCUT2D eigenvalue weighted by Crippen LogP contribution is 2.23. The number of piperidine rings is 1. The highest BCUT2D eigenvalue weighted by Gasteiger charge is 2.34. The molecule has 1 heterocycles. The molecule has 0 aromatic rings. The Kier molecular flexibility index (Phi) is 6.30. The Bertz CT molecular complexity index is 331. The van der Waals surface area contributed by atoms with Gasteiger partial charge in [-0.05, 0) is 39.5 Å². The molecule has 1 aliphatic heterocycles. The number of ketones is 1. The van der Waals surface area contributed by atoms with Gasteiger partial charge in [-0.2, -0.15) is 0 Å². The lowest BCUT2D eigenvalue weighted by Crippen LogP contribution is -2.50. The van der Waals surface area contributed by atoms with Crippen LogP contribution in [0.25, 0.3) is 0 Å². The molecular formula is C14H24BrNO3. The third-order valence-electron chi connectivity index (χ3n) is 3.46. The number of alkyl halides is 1. The molecule has 110 valence electrons. The fourth-order valence-corrected chi connectivity index (χ4v) is 2.90. The van der Waals surface area contributed by atoms with Crippen LogP contribution in [0.3, 0.4) is 0 Å². The van der Waals surface area contributed by atoms with Gasteiger partial charge in [0, 0.05) is 6.54 Å². The number of halogens is 1. The predicted octanol–water partition coefficient (Wildman–Crippen LogP) is 3.52. The number of carbonyl (C=O) groups excluding carboxylic acids is 2. The highest BCUT2D eigenvalue weighted by atomic mass is 79.9. The van der Waals surface area contributed by atoms with Crippen molar-refractivity contribution < 1.29 is 14.3 Å². The number of hydrogen-bond acceptors (Lipinski definition) is 3. The van der Waals surface area contributed by atoms with Gasteiger partial charge in [-0.3, -0.25) is 9.69 Å². The van der Waals surface area contributed by atoms with Gasteiger partial charge in [0.15, 0.2) is 5.78 Å². The van der Waals surface area contributed by atoms with Crippen molar-refractivity contribution in [1.29, 1.82) is 0 Å². The molecule has 0 N–H and O–H groups in total. The lowest BCUT2D eigenvalue weighted by atomic mass is 9.99. The van der Waals surface area contributed by atoms with Crippen LogP contribution in [0, 0.1) is 0 Å². The Morgan fingerprint density at radius 2 is 2.05 bits per heavy atom. The van der Waals surface area contributed by atoms with Gasteiger partial charge < -0.3 is 4.74 Å². The molecule has 1 fully saturated rings. The summed E-state index contributed by atoms with van der Waals surface area (Å²) in [4.78, 5) is 25.7. The lowest BCUT2D eigenvalue weighted by Gasteiger charge is -2.36. The van der Waals surface area contributed by atoms with Crippen molar-refractivity contribution >= 4 is 27.8 Å². The molecule has 0 bridgehead atoms. The summed E-state index contributed by atoms with van der Waals surface area (Å²) in [5, 5.41) is 0.291. The molecule has 0 aromatic carbocycles. The van der Waals surface area contributed by atoms with E-state index in [1.165, 1.54) is 0 Å². The van der Waals surface area contributed by atoms with E-state index in [1.54, 1.807) is 4.90 Å². The first-order valence-corrected chi connectivity index (χ1v) is 8.11. The number of carbonyl (C=O) groups is 2. The summed E-state index contributed by atoms with van der Waals surface area (Å²) in [5.74, 6) is 0.0601. The van der Waals surface area contributed by atoms with Gasteiger partial charge >= 0.3 is 6.09 Å². The van der Waals surface area contributed by atoms with Crippen LogP contribution in [0.1, 0.15) is 52.9 Å². The minimum absolute atomic E-state index is 0.0601. The van der Waals surface area contributed by atoms with Crippen molar-refractivity contribution in [3.63, 3.8) is 0 Å². The Labute approximate surface area is 124 Å². The number of Topliss-reactive ketones (excluding diaryl/α,β-unsaturated/α-hetero) is 1. The van der Waals surface area contributed by atoms with Gasteiger partial charge in [-0.25, -0.2) is 4.79 Å². The van der Waals surface area contributed by atoms with Crippen LogP contribution < -0.4 is 0 Å². The number of amides is 1. The van der Waals surface area contributed by atoms with E-state index in [2.05, 4.69) is 22.9 Å². The Morgan fingerprint density at radius 3 is 2.63 bits per heavy atom. The second-order valence-electron chi connectivity index (χ2n) is 5.68. The second kappa shape index (κ2) is 7.27. The van der Waals surface area contributed by atoms with Crippen LogP contribution in [-0.2, 0) is 9.53 Å². The van der Waals surface area contributed by atoms with Gasteiger partial charge in [-0.15, -0.1) is 0 Å². The SMILES string of the molecule is CCCC(C)(C)OC(=O)N1CCCC[C@H]1C(=O)CBr. The largest absolute Gasteiger partial charge is 0.443 e. The van der Waals surface area contributed by atoms with Crippen LogP contribution in [0.5, 0.6) is 0 Å². The zero-order valence-electron chi connectivity index (χ0n) is 12.1. The molecule has 0 saturated carbocycles. The van der Waals surface area contributed by atoms with E-state index in [0.29, 0.717) is 11.9 Å². The molecular weight excluding hydrogens is 310 g/mol. The average Bonchev–Trinajstić information content (AvgIpc) is 2.37. The summed E-state index contributed by atoms with van der Waals surface area (Å²) in [6.07, 6.45) is 4.11. The maximum absolute atomic E-state index is 12.3. The summed E-state index contributed by atoms with van der Waals surface area (Å²) >= 11 is 3.18. The Morgan fingerprint density at radius 1 is 1.37 bits per heavy atom. The van der Waals surface area contributed by atoms with Crippen LogP contribution in [0.2, 0.25) is 0 Å². The van der Waals surface area contributed by atoms with Gasteiger partial charge in [-0.1, -0.05) is 29.3 Å². The summed E-state index contributed by atoms with van der Waals surface area (Å²) in [6.45, 7) is 6.51. The molecule has 1 saturated heterocycles. The zero-order chi connectivity index (χ0) is 14.5. The number of ether oxygens (including phenoxy) is 1. The molecule has 1 rings (SSSR count). The minimum atomic E-state index is -0.467. The van der Waals surface area contributed by atoms with Crippen molar-refractivity contribution in [3.05, 3.63) is 0 Å². The number of likely N-dealkylation sites (tertiary alicyclic amines) is 1. The third kappa shape index (κ3) is 4.79. The molecule has 1 aliphatic rings. The van der Waals surface area contributed by atoms with E-state index < -0.39 is 5.60 Å². The highest BCUT2D eigenvalue weighted by molar-refractivity contribution is 9.09. The number of hydrogen-bond donors (Lipinski definition) is 0. The normalized spacial score (nSPS) is 20.2. The van der Waals surface area contributed by atoms with E-state index in [4.69, 9.17) is 4.74 Å². The molecule has 0 aliphatic carbocycles. The first-order valence-electron chi connectivity index (χ1n) is 6.99. The van der Waals surface area contributed by atoms with Gasteiger partial charge in [0.2, 0.25) is 0 Å². The summed E-state index contributed by atoms with van der Waals surface area (Å²) in [6, 6.07) is -0.321. The van der Waals surface area contributed by atoms with E-state index in [9.17, 15) is 9.59 Å². The first-order chi connectivity index (χ1) is 8.91. The van der Waals surface area contributed by atoms with Crippen LogP contribution in [0.15, 0.2) is 0 Å². The minimum Gasteiger partial charge on any atom is -0.443 e. The summed E-state index contributed by atoms with van der Waals surface area (Å²) in [7, 11) is 0. The van der Waals surface area contributed by atoms with Gasteiger partial charge in [0.1, 0.15) is 5.60 Å². The topological polar surface area (TPSA) is 46.6 Å². The molecule has 5 heteroatoms. The average molecular weight is 334 g/mol. The molecule has 19 heavy (non-hydrogen) atoms. The second-order valence-corrected chi connectivity index (χ2v) is 6.24. The van der Waals surface area contributed by atoms with Crippen LogP contribution in [0.4, 0.5) is 4.79 Å². The maximum Gasteiger partial charge on any atom is 0.410 e. The smallest absolute Gasteiger partial charge is 0.410 e. The number of rotatable bonds is 5. The van der Waals surface area contributed by atoms with E-state index in [1.807, 2.05) is 13.8 Å². The zero-order valence-corrected chi connectivity index (χ0v) is 13.7. The lowest BCUT2D eigenvalue weighted by molar-refractivity contribution is -0.122. The van der Waals surface area contributed by atoms with Gasteiger partial charge in [0.25, 0.3) is 0 Å². The van der Waals surface area contributed by atoms with Crippen molar-refractivity contribution in [2.75, 3.05) is 11.9 Å². The van der Waals surface area contributed by atoms with Crippen LogP contribution >= 0.6 is 15.9 Å². The van der Waals surface area contributed by atoms with E-state index in [-0.39, 0.29) is 17.9 Å². The summed E-state index contributed by atoms with van der Waals surface area (Å²) < 4.78 is 5.56. The molecule has 1 amide bonds. The molecule has 1 atom stereocenters. The predicted molar refractivity (Wildman–Crippen MR) is 78.6 cm³/mol. The first kappa shape index (κ1) is 16.5. The Hall–Kier alpha value is -0.580. The maximum atomic E-state index is 12.3. The van der Waals surface area contributed by atoms with Crippen molar-refractivity contribution in [2.45, 2.75) is 64.5 Å². The van der Waals surface area contributed by atoms with E-state index in [0.717, 1.165) is 32.1 Å². The number of nitrogens with zero attached hydrogens (tertiary/aromatic N) is 1. The van der Waals surface area contributed by atoms with Crippen LogP contribution in [-0.4, -0.2) is 40.3 Å². The molecule has 0 spiro atoms. The standard InChI is InChI=1S/C14H24BrNO3/c1-4-8-14(2,3)19-13(18)16-9-6-5-7-11(16)12(17)10-15/h11H,4-10H2,1-3H3/t11-/m0/s1.